The van der Waals surface area contributed by atoms with Crippen LogP contribution in [0.25, 0.3) is 0 Å². The van der Waals surface area contributed by atoms with Crippen LogP contribution in [0.5, 0.6) is 0 Å². The van der Waals surface area contributed by atoms with Crippen LogP contribution in [0.1, 0.15) is 24.2 Å². The van der Waals surface area contributed by atoms with Crippen LogP contribution in [0.15, 0.2) is 34.7 Å². The standard InChI is InChI=1S/C12H13FOS/c1-9(2)6-7-15-12-10(8-14)4-3-5-11(12)13/h3-6,8H,7H2,1-2H3. The number of aldehydes is 1. The zero-order chi connectivity index (χ0) is 11.3. The molecule has 0 saturated heterocycles. The third-order valence-corrected chi connectivity index (χ3v) is 2.90. The Bertz CT molecular complexity index is 381. The molecule has 0 aliphatic heterocycles. The van der Waals surface area contributed by atoms with E-state index in [-0.39, 0.29) is 5.82 Å². The van der Waals surface area contributed by atoms with Gasteiger partial charge in [-0.05, 0) is 19.9 Å². The maximum Gasteiger partial charge on any atom is 0.151 e. The normalized spacial score (nSPS) is 9.80. The number of allylic oxidation sites excluding steroid dienone is 1. The lowest BCUT2D eigenvalue weighted by Crippen LogP contribution is -1.90. The monoisotopic (exact) mass is 224 g/mol. The lowest BCUT2D eigenvalue weighted by Gasteiger charge is -2.03. The molecule has 0 amide bonds. The summed E-state index contributed by atoms with van der Waals surface area (Å²) in [5.74, 6) is 0.358. The molecule has 1 aromatic carbocycles. The number of thioether (sulfide) groups is 1. The minimum Gasteiger partial charge on any atom is -0.298 e. The second-order valence-corrected chi connectivity index (χ2v) is 4.40. The van der Waals surface area contributed by atoms with Crippen molar-refractivity contribution in [1.29, 1.82) is 0 Å². The second-order valence-electron chi connectivity index (χ2n) is 3.37. The summed E-state index contributed by atoms with van der Waals surface area (Å²) in [5.41, 5.74) is 1.61. The van der Waals surface area contributed by atoms with Gasteiger partial charge in [-0.3, -0.25) is 4.79 Å². The highest BCUT2D eigenvalue weighted by atomic mass is 32.2. The lowest BCUT2D eigenvalue weighted by molar-refractivity contribution is 0.112. The van der Waals surface area contributed by atoms with Crippen LogP contribution in [0.4, 0.5) is 4.39 Å². The van der Waals surface area contributed by atoms with Gasteiger partial charge in [0.05, 0.1) is 4.90 Å². The van der Waals surface area contributed by atoms with Crippen molar-refractivity contribution in [1.82, 2.24) is 0 Å². The van der Waals surface area contributed by atoms with E-state index >= 15 is 0 Å². The fourth-order valence-electron chi connectivity index (χ4n) is 1.06. The molecule has 3 heteroatoms. The molecule has 80 valence electrons. The van der Waals surface area contributed by atoms with Gasteiger partial charge in [0, 0.05) is 11.3 Å². The average molecular weight is 224 g/mol. The SMILES string of the molecule is CC(C)=CCSc1c(F)cccc1C=O. The van der Waals surface area contributed by atoms with Gasteiger partial charge in [-0.1, -0.05) is 23.8 Å². The predicted molar refractivity (Wildman–Crippen MR) is 61.9 cm³/mol. The van der Waals surface area contributed by atoms with Crippen LogP contribution in [0, 0.1) is 5.82 Å². The summed E-state index contributed by atoms with van der Waals surface area (Å²) in [4.78, 5) is 11.1. The Balaban J connectivity index is 2.83. The number of rotatable bonds is 4. The largest absolute Gasteiger partial charge is 0.298 e. The molecule has 0 bridgehead atoms. The minimum absolute atomic E-state index is 0.327. The van der Waals surface area contributed by atoms with Crippen LogP contribution in [-0.2, 0) is 0 Å². The average Bonchev–Trinajstić information content (AvgIpc) is 2.20. The van der Waals surface area contributed by atoms with Crippen molar-refractivity contribution in [3.8, 4) is 0 Å². The van der Waals surface area contributed by atoms with Crippen molar-refractivity contribution in [2.24, 2.45) is 0 Å². The van der Waals surface area contributed by atoms with Gasteiger partial charge in [0.25, 0.3) is 0 Å². The summed E-state index contributed by atoms with van der Waals surface area (Å²) in [6.45, 7) is 3.98. The quantitative estimate of drug-likeness (QED) is 0.440. The highest BCUT2D eigenvalue weighted by Crippen LogP contribution is 2.25. The number of carbonyl (C=O) groups excluding carboxylic acids is 1. The molecule has 0 aromatic heterocycles. The minimum atomic E-state index is -0.327. The van der Waals surface area contributed by atoms with E-state index in [9.17, 15) is 9.18 Å². The van der Waals surface area contributed by atoms with E-state index in [1.54, 1.807) is 12.1 Å². The smallest absolute Gasteiger partial charge is 0.151 e. The molecular formula is C12H13FOS. The van der Waals surface area contributed by atoms with Crippen LogP contribution < -0.4 is 0 Å². The first-order chi connectivity index (χ1) is 7.15. The number of halogens is 1. The number of benzene rings is 1. The van der Waals surface area contributed by atoms with Crippen LogP contribution in [0.3, 0.4) is 0 Å². The van der Waals surface area contributed by atoms with E-state index < -0.39 is 0 Å². The molecule has 0 unspecified atom stereocenters. The number of hydrogen-bond donors (Lipinski definition) is 0. The van der Waals surface area contributed by atoms with Gasteiger partial charge in [0.1, 0.15) is 5.82 Å². The highest BCUT2D eigenvalue weighted by molar-refractivity contribution is 7.99. The van der Waals surface area contributed by atoms with E-state index in [1.165, 1.54) is 23.4 Å². The van der Waals surface area contributed by atoms with Gasteiger partial charge in [0.2, 0.25) is 0 Å². The van der Waals surface area contributed by atoms with Gasteiger partial charge < -0.3 is 0 Å². The van der Waals surface area contributed by atoms with Crippen molar-refractivity contribution < 1.29 is 9.18 Å². The molecule has 15 heavy (non-hydrogen) atoms. The van der Waals surface area contributed by atoms with E-state index in [2.05, 4.69) is 0 Å². The Morgan fingerprint density at radius 1 is 1.47 bits per heavy atom. The molecule has 1 rings (SSSR count). The molecule has 0 radical (unpaired) electrons. The molecule has 0 aliphatic carbocycles. The maximum absolute atomic E-state index is 13.4. The zero-order valence-corrected chi connectivity index (χ0v) is 9.60. The van der Waals surface area contributed by atoms with Gasteiger partial charge in [-0.15, -0.1) is 11.8 Å². The third-order valence-electron chi connectivity index (χ3n) is 1.84. The molecule has 1 nitrogen and oxygen atoms in total. The Kier molecular flexibility index (Phi) is 4.56. The fraction of sp³-hybridized carbons (Fsp3) is 0.250. The molecular weight excluding hydrogens is 211 g/mol. The van der Waals surface area contributed by atoms with E-state index in [0.29, 0.717) is 22.5 Å². The predicted octanol–water partition coefficient (Wildman–Crippen LogP) is 3.70. The Hall–Kier alpha value is -1.09. The van der Waals surface area contributed by atoms with Gasteiger partial charge in [-0.25, -0.2) is 4.39 Å². The summed E-state index contributed by atoms with van der Waals surface area (Å²) < 4.78 is 13.4. The molecule has 0 aliphatic rings. The van der Waals surface area contributed by atoms with E-state index in [4.69, 9.17) is 0 Å². The van der Waals surface area contributed by atoms with Gasteiger partial charge >= 0.3 is 0 Å². The summed E-state index contributed by atoms with van der Waals surface area (Å²) in [6.07, 6.45) is 2.69. The second kappa shape index (κ2) is 5.71. The molecule has 0 saturated carbocycles. The van der Waals surface area contributed by atoms with Crippen molar-refractivity contribution in [3.05, 3.63) is 41.2 Å². The molecule has 0 fully saturated rings. The van der Waals surface area contributed by atoms with Crippen molar-refractivity contribution in [3.63, 3.8) is 0 Å². The molecule has 0 heterocycles. The Labute approximate surface area is 93.4 Å². The summed E-state index contributed by atoms with van der Waals surface area (Å²) in [5, 5.41) is 0. The Morgan fingerprint density at radius 3 is 2.80 bits per heavy atom. The van der Waals surface area contributed by atoms with E-state index in [0.717, 1.165) is 0 Å². The van der Waals surface area contributed by atoms with Gasteiger partial charge in [0.15, 0.2) is 6.29 Å². The van der Waals surface area contributed by atoms with E-state index in [1.807, 2.05) is 19.9 Å². The fourth-order valence-corrected chi connectivity index (χ4v) is 2.13. The topological polar surface area (TPSA) is 17.1 Å². The molecule has 0 spiro atoms. The molecule has 0 atom stereocenters. The van der Waals surface area contributed by atoms with Crippen LogP contribution in [0.2, 0.25) is 0 Å². The first kappa shape index (κ1) is 12.0. The number of carbonyl (C=O) groups is 1. The molecule has 1 aromatic rings. The highest BCUT2D eigenvalue weighted by Gasteiger charge is 2.06. The van der Waals surface area contributed by atoms with Crippen LogP contribution in [-0.4, -0.2) is 12.0 Å². The van der Waals surface area contributed by atoms with Crippen molar-refractivity contribution >= 4 is 18.0 Å². The van der Waals surface area contributed by atoms with Crippen LogP contribution >= 0.6 is 11.8 Å². The maximum atomic E-state index is 13.4. The van der Waals surface area contributed by atoms with Crippen molar-refractivity contribution in [2.45, 2.75) is 18.7 Å². The number of hydrogen-bond acceptors (Lipinski definition) is 2. The first-order valence-corrected chi connectivity index (χ1v) is 5.63. The lowest BCUT2D eigenvalue weighted by atomic mass is 10.2. The van der Waals surface area contributed by atoms with Crippen molar-refractivity contribution in [2.75, 3.05) is 5.75 Å². The summed E-state index contributed by atoms with van der Waals surface area (Å²) in [7, 11) is 0. The summed E-state index contributed by atoms with van der Waals surface area (Å²) >= 11 is 1.34. The summed E-state index contributed by atoms with van der Waals surface area (Å²) in [6, 6.07) is 4.54. The third kappa shape index (κ3) is 3.51. The first-order valence-electron chi connectivity index (χ1n) is 4.65. The zero-order valence-electron chi connectivity index (χ0n) is 8.79. The Morgan fingerprint density at radius 2 is 2.20 bits per heavy atom. The van der Waals surface area contributed by atoms with Gasteiger partial charge in [-0.2, -0.15) is 0 Å². The molecule has 0 N–H and O–H groups in total.